The molecule has 0 bridgehead atoms. The topological polar surface area (TPSA) is 121 Å². The molecule has 0 aliphatic carbocycles. The number of rotatable bonds is 6. The molecule has 1 fully saturated rings. The first kappa shape index (κ1) is 23.8. The number of nitrogens with one attached hydrogen (secondary N) is 1. The van der Waals surface area contributed by atoms with Gasteiger partial charge in [-0.05, 0) is 31.2 Å². The highest BCUT2D eigenvalue weighted by Gasteiger charge is 2.56. The maximum absolute atomic E-state index is 14.2. The van der Waals surface area contributed by atoms with Crippen LogP contribution in [0.5, 0.6) is 0 Å². The van der Waals surface area contributed by atoms with Crippen LogP contribution in [0.4, 0.5) is 28.9 Å². The first-order chi connectivity index (χ1) is 16.6. The molecule has 0 unspecified atom stereocenters. The zero-order valence-corrected chi connectivity index (χ0v) is 17.8. The molecule has 1 saturated heterocycles. The number of ether oxygens (including phenoxy) is 1. The van der Waals surface area contributed by atoms with E-state index >= 15 is 0 Å². The highest BCUT2D eigenvalue weighted by Crippen LogP contribution is 2.36. The van der Waals surface area contributed by atoms with Gasteiger partial charge >= 0.3 is 5.97 Å². The first-order valence-electron chi connectivity index (χ1n) is 10.1. The molecular weight excluding hydrogens is 478 g/mol. The summed E-state index contributed by atoms with van der Waals surface area (Å²) in [5, 5.41) is 10.5. The first-order valence-corrected chi connectivity index (χ1v) is 10.1. The normalized spacial score (nSPS) is 18.8. The van der Waals surface area contributed by atoms with Crippen molar-refractivity contribution in [3.05, 3.63) is 59.2 Å². The summed E-state index contributed by atoms with van der Waals surface area (Å²) >= 11 is 0. The monoisotopic (exact) mass is 493 g/mol. The van der Waals surface area contributed by atoms with Crippen molar-refractivity contribution in [2.75, 3.05) is 23.4 Å². The van der Waals surface area contributed by atoms with E-state index in [1.807, 2.05) is 0 Å². The molecule has 0 saturated carbocycles. The molecule has 2 aromatic carbocycles. The Morgan fingerprint density at radius 1 is 1.03 bits per heavy atom. The molecule has 2 atom stereocenters. The summed E-state index contributed by atoms with van der Waals surface area (Å²) in [5.74, 6) is -11.2. The van der Waals surface area contributed by atoms with Crippen LogP contribution in [0.2, 0.25) is 0 Å². The lowest BCUT2D eigenvalue weighted by Gasteiger charge is -2.21. The third kappa shape index (κ3) is 4.18. The predicted molar refractivity (Wildman–Crippen MR) is 109 cm³/mol. The largest absolute Gasteiger partial charge is 0.462 e. The van der Waals surface area contributed by atoms with Crippen LogP contribution in [0.3, 0.4) is 0 Å². The standard InChI is InChI=1S/C21H15F4N5O5/c1-2-35-21(34)9-3-5-10(6-4-9)26-13(31)8-29-18-16(27-28-29)19(32)30(20(18)33)17-14(24)11(22)7-12(23)15(17)25/h3-7,16,18H,2,8H2,1H3,(H,26,31)/t16-,18-/m0/s1. The quantitative estimate of drug-likeness (QED) is 0.286. The summed E-state index contributed by atoms with van der Waals surface area (Å²) in [6, 6.07) is 2.50. The van der Waals surface area contributed by atoms with E-state index in [9.17, 15) is 36.7 Å². The number of benzene rings is 2. The van der Waals surface area contributed by atoms with Crippen molar-refractivity contribution in [2.24, 2.45) is 10.3 Å². The highest BCUT2D eigenvalue weighted by molar-refractivity contribution is 6.25. The number of fused-ring (bicyclic) bond motifs is 1. The summed E-state index contributed by atoms with van der Waals surface area (Å²) in [4.78, 5) is 49.5. The molecule has 2 aliphatic rings. The van der Waals surface area contributed by atoms with E-state index in [0.717, 1.165) is 5.01 Å². The van der Waals surface area contributed by atoms with Crippen molar-refractivity contribution in [3.63, 3.8) is 0 Å². The SMILES string of the molecule is CCOC(=O)c1ccc(NC(=O)CN2N=N[C@@H]3C(=O)N(c4c(F)c(F)cc(F)c4F)C(=O)[C@H]32)cc1. The van der Waals surface area contributed by atoms with Gasteiger partial charge in [0, 0.05) is 11.8 Å². The van der Waals surface area contributed by atoms with Crippen LogP contribution in [0.1, 0.15) is 17.3 Å². The highest BCUT2D eigenvalue weighted by atomic mass is 19.2. The fourth-order valence-corrected chi connectivity index (χ4v) is 3.58. The van der Waals surface area contributed by atoms with E-state index in [-0.39, 0.29) is 28.8 Å². The van der Waals surface area contributed by atoms with Crippen molar-refractivity contribution in [1.82, 2.24) is 5.01 Å². The molecular formula is C21H15F4N5O5. The van der Waals surface area contributed by atoms with E-state index in [0.29, 0.717) is 0 Å². The lowest BCUT2D eigenvalue weighted by Crippen LogP contribution is -2.43. The molecule has 2 heterocycles. The van der Waals surface area contributed by atoms with E-state index < -0.39 is 71.3 Å². The van der Waals surface area contributed by atoms with E-state index in [1.54, 1.807) is 6.92 Å². The molecule has 1 N–H and O–H groups in total. The van der Waals surface area contributed by atoms with Gasteiger partial charge in [-0.15, -0.1) is 0 Å². The van der Waals surface area contributed by atoms with Crippen LogP contribution in [-0.4, -0.2) is 53.9 Å². The van der Waals surface area contributed by atoms with Crippen LogP contribution >= 0.6 is 0 Å². The number of hydrogen-bond donors (Lipinski definition) is 1. The van der Waals surface area contributed by atoms with Crippen LogP contribution in [0, 0.1) is 23.3 Å². The molecule has 2 aromatic rings. The summed E-state index contributed by atoms with van der Waals surface area (Å²) in [5.41, 5.74) is -0.969. The molecule has 14 heteroatoms. The minimum Gasteiger partial charge on any atom is -0.462 e. The molecule has 0 aromatic heterocycles. The molecule has 35 heavy (non-hydrogen) atoms. The maximum Gasteiger partial charge on any atom is 0.338 e. The molecule has 3 amide bonds. The number of nitrogens with zero attached hydrogens (tertiary/aromatic N) is 4. The Kier molecular flexibility index (Phi) is 6.20. The summed E-state index contributed by atoms with van der Waals surface area (Å²) in [6.45, 7) is 1.24. The number of carbonyl (C=O) groups is 4. The minimum absolute atomic E-state index is 0.0383. The molecule has 2 aliphatic heterocycles. The number of imide groups is 1. The second kappa shape index (κ2) is 9.12. The number of anilines is 2. The van der Waals surface area contributed by atoms with Gasteiger partial charge in [0.25, 0.3) is 11.8 Å². The summed E-state index contributed by atoms with van der Waals surface area (Å²) in [6.07, 6.45) is 0. The second-order valence-corrected chi connectivity index (χ2v) is 7.37. The van der Waals surface area contributed by atoms with Crippen molar-refractivity contribution in [1.29, 1.82) is 0 Å². The third-order valence-corrected chi connectivity index (χ3v) is 5.16. The fraction of sp³-hybridized carbons (Fsp3) is 0.238. The Bertz CT molecular complexity index is 1240. The average Bonchev–Trinajstić information content (AvgIpc) is 3.33. The van der Waals surface area contributed by atoms with Crippen LogP contribution in [0.15, 0.2) is 40.7 Å². The zero-order valence-electron chi connectivity index (χ0n) is 17.8. The van der Waals surface area contributed by atoms with Crippen molar-refractivity contribution >= 4 is 35.1 Å². The summed E-state index contributed by atoms with van der Waals surface area (Å²) in [7, 11) is 0. The molecule has 4 rings (SSSR count). The number of esters is 1. The smallest absolute Gasteiger partial charge is 0.338 e. The van der Waals surface area contributed by atoms with Gasteiger partial charge in [0.05, 0.1) is 12.2 Å². The molecule has 0 spiro atoms. The summed E-state index contributed by atoms with van der Waals surface area (Å²) < 4.78 is 60.5. The second-order valence-electron chi connectivity index (χ2n) is 7.37. The van der Waals surface area contributed by atoms with Crippen LogP contribution in [-0.2, 0) is 19.1 Å². The fourth-order valence-electron chi connectivity index (χ4n) is 3.58. The molecule has 10 nitrogen and oxygen atoms in total. The molecule has 182 valence electrons. The Labute approximate surface area is 194 Å². The lowest BCUT2D eigenvalue weighted by atomic mass is 10.1. The number of hydrogen-bond acceptors (Lipinski definition) is 8. The Hall–Kier alpha value is -4.36. The van der Waals surface area contributed by atoms with E-state index in [4.69, 9.17) is 4.74 Å². The van der Waals surface area contributed by atoms with Gasteiger partial charge < -0.3 is 10.1 Å². The number of amides is 3. The van der Waals surface area contributed by atoms with Gasteiger partial charge in [-0.3, -0.25) is 19.4 Å². The number of carbonyl (C=O) groups excluding carboxylic acids is 4. The average molecular weight is 493 g/mol. The van der Waals surface area contributed by atoms with Crippen LogP contribution < -0.4 is 10.2 Å². The van der Waals surface area contributed by atoms with Gasteiger partial charge in [0.2, 0.25) is 5.91 Å². The molecule has 0 radical (unpaired) electrons. The van der Waals surface area contributed by atoms with Gasteiger partial charge in [-0.25, -0.2) is 27.3 Å². The van der Waals surface area contributed by atoms with Gasteiger partial charge in [0.1, 0.15) is 12.2 Å². The van der Waals surface area contributed by atoms with Crippen molar-refractivity contribution < 1.29 is 41.5 Å². The van der Waals surface area contributed by atoms with E-state index in [2.05, 4.69) is 15.7 Å². The zero-order chi connectivity index (χ0) is 25.4. The Morgan fingerprint density at radius 3 is 2.26 bits per heavy atom. The van der Waals surface area contributed by atoms with Gasteiger partial charge in [-0.1, -0.05) is 5.22 Å². The van der Waals surface area contributed by atoms with Crippen molar-refractivity contribution in [3.8, 4) is 0 Å². The van der Waals surface area contributed by atoms with Gasteiger partial charge in [0.15, 0.2) is 35.4 Å². The maximum atomic E-state index is 14.2. The third-order valence-electron chi connectivity index (χ3n) is 5.16. The lowest BCUT2D eigenvalue weighted by molar-refractivity contribution is -0.123. The van der Waals surface area contributed by atoms with Crippen molar-refractivity contribution in [2.45, 2.75) is 19.0 Å². The minimum atomic E-state index is -1.93. The Balaban J connectivity index is 1.48. The predicted octanol–water partition coefficient (Wildman–Crippen LogP) is 2.35. The van der Waals surface area contributed by atoms with E-state index in [1.165, 1.54) is 24.3 Å². The van der Waals surface area contributed by atoms with Crippen LogP contribution in [0.25, 0.3) is 0 Å². The Morgan fingerprint density at radius 2 is 1.66 bits per heavy atom. The number of halogens is 4. The van der Waals surface area contributed by atoms with Gasteiger partial charge in [-0.2, -0.15) is 5.11 Å².